The highest BCUT2D eigenvalue weighted by atomic mass is 16.6. The molecule has 128 valence electrons. The van der Waals surface area contributed by atoms with Crippen molar-refractivity contribution in [1.82, 2.24) is 0 Å². The number of nitro groups is 1. The zero-order valence-corrected chi connectivity index (χ0v) is 13.4. The number of esters is 1. The molecule has 7 heteroatoms. The lowest BCUT2D eigenvalue weighted by Crippen LogP contribution is -2.29. The smallest absolute Gasteiger partial charge is 0.331 e. The number of hydrogen-bond acceptors (Lipinski definition) is 5. The van der Waals surface area contributed by atoms with Crippen molar-refractivity contribution in [1.29, 1.82) is 0 Å². The van der Waals surface area contributed by atoms with E-state index in [0.29, 0.717) is 5.69 Å². The van der Waals surface area contributed by atoms with Gasteiger partial charge in [-0.3, -0.25) is 14.9 Å². The summed E-state index contributed by atoms with van der Waals surface area (Å²) in [6, 6.07) is 14.5. The maximum Gasteiger partial charge on any atom is 0.331 e. The maximum atomic E-state index is 12.0. The molecular formula is C18H16N2O5. The van der Waals surface area contributed by atoms with E-state index in [1.54, 1.807) is 6.08 Å². The minimum absolute atomic E-state index is 0.0801. The normalized spacial score (nSPS) is 11.7. The number of non-ortho nitro benzene ring substituents is 1. The van der Waals surface area contributed by atoms with E-state index in [9.17, 15) is 19.7 Å². The number of benzene rings is 2. The average molecular weight is 340 g/mol. The highest BCUT2D eigenvalue weighted by Gasteiger charge is 2.17. The van der Waals surface area contributed by atoms with Crippen LogP contribution in [0.15, 0.2) is 60.7 Å². The summed E-state index contributed by atoms with van der Waals surface area (Å²) in [5.74, 6) is -1.18. The fraction of sp³-hybridized carbons (Fsp3) is 0.111. The zero-order valence-electron chi connectivity index (χ0n) is 13.4. The lowest BCUT2D eigenvalue weighted by atomic mass is 10.2. The minimum atomic E-state index is -1.01. The Kier molecular flexibility index (Phi) is 6.00. The molecule has 2 rings (SSSR count). The molecule has 0 fully saturated rings. The predicted octanol–water partition coefficient (Wildman–Crippen LogP) is 3.18. The van der Waals surface area contributed by atoms with Gasteiger partial charge < -0.3 is 10.1 Å². The van der Waals surface area contributed by atoms with Gasteiger partial charge in [0.15, 0.2) is 6.10 Å². The summed E-state index contributed by atoms with van der Waals surface area (Å²) in [5.41, 5.74) is 1.13. The molecule has 0 aliphatic heterocycles. The van der Waals surface area contributed by atoms with Crippen molar-refractivity contribution in [3.8, 4) is 0 Å². The van der Waals surface area contributed by atoms with Crippen LogP contribution in [-0.4, -0.2) is 22.9 Å². The number of ether oxygens (including phenoxy) is 1. The van der Waals surface area contributed by atoms with Crippen LogP contribution in [0.2, 0.25) is 0 Å². The van der Waals surface area contributed by atoms with Crippen molar-refractivity contribution in [3.05, 3.63) is 76.4 Å². The number of nitro benzene ring substituents is 1. The number of anilines is 1. The molecule has 0 radical (unpaired) electrons. The van der Waals surface area contributed by atoms with E-state index in [-0.39, 0.29) is 5.69 Å². The average Bonchev–Trinajstić information content (AvgIpc) is 2.61. The van der Waals surface area contributed by atoms with Crippen LogP contribution in [0.3, 0.4) is 0 Å². The summed E-state index contributed by atoms with van der Waals surface area (Å²) < 4.78 is 5.02. The molecule has 25 heavy (non-hydrogen) atoms. The van der Waals surface area contributed by atoms with Crippen LogP contribution < -0.4 is 5.32 Å². The Balaban J connectivity index is 1.88. The molecule has 1 N–H and O–H groups in total. The third-order valence-electron chi connectivity index (χ3n) is 3.22. The minimum Gasteiger partial charge on any atom is -0.449 e. The molecular weight excluding hydrogens is 324 g/mol. The van der Waals surface area contributed by atoms with Crippen LogP contribution in [0.5, 0.6) is 0 Å². The molecule has 0 bridgehead atoms. The summed E-state index contributed by atoms with van der Waals surface area (Å²) in [7, 11) is 0. The quantitative estimate of drug-likeness (QED) is 0.377. The first-order chi connectivity index (χ1) is 12.0. The number of nitrogens with one attached hydrogen (secondary N) is 1. The second kappa shape index (κ2) is 8.39. The van der Waals surface area contributed by atoms with Crippen molar-refractivity contribution in [2.24, 2.45) is 0 Å². The van der Waals surface area contributed by atoms with E-state index >= 15 is 0 Å². The van der Waals surface area contributed by atoms with Gasteiger partial charge in [0, 0.05) is 23.9 Å². The molecule has 0 spiro atoms. The maximum absolute atomic E-state index is 12.0. The topological polar surface area (TPSA) is 98.5 Å². The Morgan fingerprint density at radius 2 is 1.76 bits per heavy atom. The van der Waals surface area contributed by atoms with Crippen LogP contribution in [-0.2, 0) is 14.3 Å². The van der Waals surface area contributed by atoms with Crippen molar-refractivity contribution < 1.29 is 19.2 Å². The summed E-state index contributed by atoms with van der Waals surface area (Å²) in [4.78, 5) is 33.8. The van der Waals surface area contributed by atoms with Gasteiger partial charge in [0.25, 0.3) is 11.6 Å². The van der Waals surface area contributed by atoms with Crippen molar-refractivity contribution in [2.45, 2.75) is 13.0 Å². The SMILES string of the molecule is CC(OC(=O)/C=C/c1ccccc1)C(=O)Nc1ccc([N+](=O)[O-])cc1. The molecule has 1 amide bonds. The lowest BCUT2D eigenvalue weighted by Gasteiger charge is -2.12. The van der Waals surface area contributed by atoms with Gasteiger partial charge in [0.05, 0.1) is 4.92 Å². The Morgan fingerprint density at radius 3 is 2.36 bits per heavy atom. The zero-order chi connectivity index (χ0) is 18.2. The van der Waals surface area contributed by atoms with Gasteiger partial charge in [-0.1, -0.05) is 30.3 Å². The van der Waals surface area contributed by atoms with Crippen LogP contribution in [0.4, 0.5) is 11.4 Å². The first-order valence-electron chi connectivity index (χ1n) is 7.45. The molecule has 0 aliphatic rings. The summed E-state index contributed by atoms with van der Waals surface area (Å²) >= 11 is 0. The van der Waals surface area contributed by atoms with E-state index < -0.39 is 22.9 Å². The van der Waals surface area contributed by atoms with Crippen molar-refractivity contribution in [2.75, 3.05) is 5.32 Å². The molecule has 7 nitrogen and oxygen atoms in total. The molecule has 2 aromatic carbocycles. The Hall–Kier alpha value is -3.48. The van der Waals surface area contributed by atoms with Crippen LogP contribution in [0, 0.1) is 10.1 Å². The Bertz CT molecular complexity index is 785. The first kappa shape index (κ1) is 17.9. The van der Waals surface area contributed by atoms with Crippen LogP contribution in [0.1, 0.15) is 12.5 Å². The predicted molar refractivity (Wildman–Crippen MR) is 92.8 cm³/mol. The fourth-order valence-electron chi connectivity index (χ4n) is 1.91. The molecule has 0 heterocycles. The third-order valence-corrected chi connectivity index (χ3v) is 3.22. The summed E-state index contributed by atoms with van der Waals surface area (Å²) in [6.07, 6.45) is 1.82. The monoisotopic (exact) mass is 340 g/mol. The number of carbonyl (C=O) groups excluding carboxylic acids is 2. The molecule has 0 aromatic heterocycles. The van der Waals surface area contributed by atoms with Crippen molar-refractivity contribution in [3.63, 3.8) is 0 Å². The summed E-state index contributed by atoms with van der Waals surface area (Å²) in [6.45, 7) is 1.44. The second-order valence-electron chi connectivity index (χ2n) is 5.12. The molecule has 1 unspecified atom stereocenters. The van der Waals surface area contributed by atoms with Crippen molar-refractivity contribution >= 4 is 29.3 Å². The number of hydrogen-bond donors (Lipinski definition) is 1. The van der Waals surface area contributed by atoms with E-state index in [0.717, 1.165) is 5.56 Å². The standard InChI is InChI=1S/C18H16N2O5/c1-13(25-17(21)12-7-14-5-3-2-4-6-14)18(22)19-15-8-10-16(11-9-15)20(23)24/h2-13H,1H3,(H,19,22)/b12-7+. The highest BCUT2D eigenvalue weighted by Crippen LogP contribution is 2.15. The van der Waals surface area contributed by atoms with E-state index in [4.69, 9.17) is 4.74 Å². The number of nitrogens with zero attached hydrogens (tertiary/aromatic N) is 1. The largest absolute Gasteiger partial charge is 0.449 e. The third kappa shape index (κ3) is 5.58. The molecule has 1 atom stereocenters. The molecule has 0 aliphatic carbocycles. The number of carbonyl (C=O) groups is 2. The van der Waals surface area contributed by atoms with Gasteiger partial charge in [-0.15, -0.1) is 0 Å². The van der Waals surface area contributed by atoms with E-state index in [1.807, 2.05) is 30.3 Å². The Labute approximate surface area is 144 Å². The van der Waals surface area contributed by atoms with Gasteiger partial charge in [-0.05, 0) is 30.7 Å². The lowest BCUT2D eigenvalue weighted by molar-refractivity contribution is -0.384. The van der Waals surface area contributed by atoms with Gasteiger partial charge in [0.2, 0.25) is 0 Å². The fourth-order valence-corrected chi connectivity index (χ4v) is 1.91. The molecule has 0 saturated heterocycles. The summed E-state index contributed by atoms with van der Waals surface area (Å²) in [5, 5.41) is 13.1. The Morgan fingerprint density at radius 1 is 1.12 bits per heavy atom. The second-order valence-corrected chi connectivity index (χ2v) is 5.12. The molecule has 2 aromatic rings. The molecule has 0 saturated carbocycles. The highest BCUT2D eigenvalue weighted by molar-refractivity contribution is 5.96. The first-order valence-corrected chi connectivity index (χ1v) is 7.45. The van der Waals surface area contributed by atoms with Crippen LogP contribution >= 0.6 is 0 Å². The van der Waals surface area contributed by atoms with Gasteiger partial charge in [-0.25, -0.2) is 4.79 Å². The van der Waals surface area contributed by atoms with Crippen LogP contribution in [0.25, 0.3) is 6.08 Å². The van der Waals surface area contributed by atoms with E-state index in [2.05, 4.69) is 5.32 Å². The van der Waals surface area contributed by atoms with Gasteiger partial charge in [0.1, 0.15) is 0 Å². The van der Waals surface area contributed by atoms with E-state index in [1.165, 1.54) is 37.3 Å². The van der Waals surface area contributed by atoms with Gasteiger partial charge >= 0.3 is 5.97 Å². The number of amides is 1. The number of rotatable bonds is 6. The van der Waals surface area contributed by atoms with Gasteiger partial charge in [-0.2, -0.15) is 0 Å².